The van der Waals surface area contributed by atoms with E-state index in [-0.39, 0.29) is 0 Å². The highest BCUT2D eigenvalue weighted by Gasteiger charge is 2.41. The van der Waals surface area contributed by atoms with Crippen molar-refractivity contribution in [2.45, 2.75) is 39.2 Å². The van der Waals surface area contributed by atoms with E-state index in [0.29, 0.717) is 32.8 Å². The first kappa shape index (κ1) is 19.0. The van der Waals surface area contributed by atoms with Crippen molar-refractivity contribution in [2.24, 2.45) is 5.41 Å². The topological polar surface area (TPSA) is 68.2 Å². The zero-order valence-corrected chi connectivity index (χ0v) is 15.8. The SMILES string of the molecule is COCCC[C@@]1(C(=O)O)CCCN(Cc2cc3c(cc2C)OCCO3)C1. The Morgan fingerprint density at radius 2 is 2.04 bits per heavy atom. The Morgan fingerprint density at radius 1 is 1.31 bits per heavy atom. The van der Waals surface area contributed by atoms with E-state index in [9.17, 15) is 9.90 Å². The molecule has 0 aliphatic carbocycles. The number of carbonyl (C=O) groups is 1. The molecule has 1 N–H and O–H groups in total. The molecular weight excluding hydrogens is 334 g/mol. The van der Waals surface area contributed by atoms with Crippen molar-refractivity contribution in [2.75, 3.05) is 40.0 Å². The molecule has 1 fully saturated rings. The van der Waals surface area contributed by atoms with Crippen molar-refractivity contribution in [3.8, 4) is 11.5 Å². The van der Waals surface area contributed by atoms with Crippen LogP contribution >= 0.6 is 0 Å². The summed E-state index contributed by atoms with van der Waals surface area (Å²) >= 11 is 0. The number of likely N-dealkylation sites (tertiary alicyclic amines) is 1. The van der Waals surface area contributed by atoms with Gasteiger partial charge in [0.2, 0.25) is 0 Å². The third-order valence-corrected chi connectivity index (χ3v) is 5.51. The number of aryl methyl sites for hydroxylation is 1. The fourth-order valence-corrected chi connectivity index (χ4v) is 4.05. The Morgan fingerprint density at radius 3 is 2.73 bits per heavy atom. The molecule has 0 unspecified atom stereocenters. The Bertz CT molecular complexity index is 647. The molecule has 0 aromatic heterocycles. The predicted octanol–water partition coefficient (Wildman–Crippen LogP) is 2.86. The molecule has 1 aromatic carbocycles. The van der Waals surface area contributed by atoms with Crippen LogP contribution in [0, 0.1) is 12.3 Å². The summed E-state index contributed by atoms with van der Waals surface area (Å²) in [6, 6.07) is 4.07. The molecule has 3 rings (SSSR count). The van der Waals surface area contributed by atoms with Crippen LogP contribution in [0.1, 0.15) is 36.8 Å². The summed E-state index contributed by atoms with van der Waals surface area (Å²) in [7, 11) is 1.66. The van der Waals surface area contributed by atoms with Crippen LogP contribution in [0.3, 0.4) is 0 Å². The normalized spacial score (nSPS) is 23.0. The van der Waals surface area contributed by atoms with Crippen molar-refractivity contribution in [3.63, 3.8) is 0 Å². The number of ether oxygens (including phenoxy) is 3. The lowest BCUT2D eigenvalue weighted by molar-refractivity contribution is -0.153. The number of rotatable bonds is 7. The van der Waals surface area contributed by atoms with Crippen LogP contribution in [0.2, 0.25) is 0 Å². The van der Waals surface area contributed by atoms with Crippen LogP contribution in [0.25, 0.3) is 0 Å². The number of nitrogens with zero attached hydrogens (tertiary/aromatic N) is 1. The lowest BCUT2D eigenvalue weighted by atomic mass is 9.76. The maximum atomic E-state index is 12.0. The van der Waals surface area contributed by atoms with Gasteiger partial charge < -0.3 is 19.3 Å². The number of fused-ring (bicyclic) bond motifs is 1. The second-order valence-corrected chi connectivity index (χ2v) is 7.42. The van der Waals surface area contributed by atoms with Crippen molar-refractivity contribution in [3.05, 3.63) is 23.3 Å². The van der Waals surface area contributed by atoms with Gasteiger partial charge in [-0.05, 0) is 62.4 Å². The number of hydrogen-bond donors (Lipinski definition) is 1. The molecule has 0 saturated carbocycles. The van der Waals surface area contributed by atoms with Crippen LogP contribution in [0.5, 0.6) is 11.5 Å². The van der Waals surface area contributed by atoms with Gasteiger partial charge in [-0.3, -0.25) is 9.69 Å². The quantitative estimate of drug-likeness (QED) is 0.752. The van der Waals surface area contributed by atoms with Crippen molar-refractivity contribution in [1.29, 1.82) is 0 Å². The average molecular weight is 363 g/mol. The summed E-state index contributed by atoms with van der Waals surface area (Å²) in [6.07, 6.45) is 3.08. The minimum absolute atomic E-state index is 0.570. The Kier molecular flexibility index (Phi) is 6.04. The van der Waals surface area contributed by atoms with Crippen molar-refractivity contribution in [1.82, 2.24) is 4.90 Å². The van der Waals surface area contributed by atoms with Gasteiger partial charge in [-0.2, -0.15) is 0 Å². The van der Waals surface area contributed by atoms with Gasteiger partial charge in [-0.25, -0.2) is 0 Å². The lowest BCUT2D eigenvalue weighted by Crippen LogP contribution is -2.47. The summed E-state index contributed by atoms with van der Waals surface area (Å²) in [6.45, 7) is 6.08. The predicted molar refractivity (Wildman–Crippen MR) is 97.9 cm³/mol. The summed E-state index contributed by atoms with van der Waals surface area (Å²) in [5.74, 6) is 0.909. The number of methoxy groups -OCH3 is 1. The highest BCUT2D eigenvalue weighted by molar-refractivity contribution is 5.75. The number of carboxylic acid groups (broad SMARTS) is 1. The second-order valence-electron chi connectivity index (χ2n) is 7.42. The molecule has 1 saturated heterocycles. The maximum absolute atomic E-state index is 12.0. The first-order valence-electron chi connectivity index (χ1n) is 9.38. The van der Waals surface area contributed by atoms with E-state index >= 15 is 0 Å². The number of piperidine rings is 1. The number of benzene rings is 1. The highest BCUT2D eigenvalue weighted by atomic mass is 16.6. The molecule has 1 aromatic rings. The van der Waals surface area contributed by atoms with Gasteiger partial charge >= 0.3 is 5.97 Å². The molecule has 2 heterocycles. The van der Waals surface area contributed by atoms with E-state index in [1.165, 1.54) is 5.56 Å². The van der Waals surface area contributed by atoms with E-state index in [4.69, 9.17) is 14.2 Å². The summed E-state index contributed by atoms with van der Waals surface area (Å²) in [4.78, 5) is 14.3. The van der Waals surface area contributed by atoms with Crippen LogP contribution in [-0.4, -0.2) is 56.0 Å². The van der Waals surface area contributed by atoms with Gasteiger partial charge in [0.1, 0.15) is 13.2 Å². The minimum Gasteiger partial charge on any atom is -0.486 e. The Balaban J connectivity index is 1.72. The lowest BCUT2D eigenvalue weighted by Gasteiger charge is -2.40. The fraction of sp³-hybridized carbons (Fsp3) is 0.650. The van der Waals surface area contributed by atoms with Gasteiger partial charge in [-0.1, -0.05) is 0 Å². The van der Waals surface area contributed by atoms with Gasteiger partial charge in [0, 0.05) is 26.8 Å². The minimum atomic E-state index is -0.683. The molecule has 26 heavy (non-hydrogen) atoms. The van der Waals surface area contributed by atoms with E-state index < -0.39 is 11.4 Å². The average Bonchev–Trinajstić information content (AvgIpc) is 2.63. The molecule has 0 spiro atoms. The largest absolute Gasteiger partial charge is 0.486 e. The van der Waals surface area contributed by atoms with Crippen LogP contribution in [0.4, 0.5) is 0 Å². The first-order chi connectivity index (χ1) is 12.5. The van der Waals surface area contributed by atoms with Gasteiger partial charge in [-0.15, -0.1) is 0 Å². The number of hydrogen-bond acceptors (Lipinski definition) is 5. The molecule has 2 aliphatic heterocycles. The molecule has 6 heteroatoms. The standard InChI is InChI=1S/C20H29NO5/c1-15-11-17-18(26-10-9-25-17)12-16(15)13-21-7-3-5-20(14-21,19(22)23)6-4-8-24-2/h11-12H,3-10,13-14H2,1-2H3,(H,22,23)/t20-/m0/s1. The molecule has 0 radical (unpaired) electrons. The van der Waals surface area contributed by atoms with E-state index in [0.717, 1.165) is 49.4 Å². The number of aliphatic carboxylic acids is 1. The maximum Gasteiger partial charge on any atom is 0.310 e. The molecule has 1 atom stereocenters. The van der Waals surface area contributed by atoms with Crippen LogP contribution in [0.15, 0.2) is 12.1 Å². The summed E-state index contributed by atoms with van der Waals surface area (Å²) < 4.78 is 16.5. The van der Waals surface area contributed by atoms with Crippen molar-refractivity contribution >= 4 is 5.97 Å². The zero-order chi connectivity index (χ0) is 18.6. The van der Waals surface area contributed by atoms with Crippen LogP contribution < -0.4 is 9.47 Å². The highest BCUT2D eigenvalue weighted by Crippen LogP contribution is 2.37. The first-order valence-corrected chi connectivity index (χ1v) is 9.38. The van der Waals surface area contributed by atoms with Gasteiger partial charge in [0.15, 0.2) is 11.5 Å². The smallest absolute Gasteiger partial charge is 0.310 e. The zero-order valence-electron chi connectivity index (χ0n) is 15.8. The molecule has 2 aliphatic rings. The third-order valence-electron chi connectivity index (χ3n) is 5.51. The second kappa shape index (κ2) is 8.27. The summed E-state index contributed by atoms with van der Waals surface area (Å²) in [5.41, 5.74) is 1.66. The fourth-order valence-electron chi connectivity index (χ4n) is 4.05. The van der Waals surface area contributed by atoms with Gasteiger partial charge in [0.05, 0.1) is 5.41 Å². The Hall–Kier alpha value is -1.79. The van der Waals surface area contributed by atoms with E-state index in [1.807, 2.05) is 12.1 Å². The molecular formula is C20H29NO5. The van der Waals surface area contributed by atoms with Crippen molar-refractivity contribution < 1.29 is 24.1 Å². The van der Waals surface area contributed by atoms with E-state index in [1.54, 1.807) is 7.11 Å². The Labute approximate surface area is 155 Å². The van der Waals surface area contributed by atoms with Crippen LogP contribution in [-0.2, 0) is 16.1 Å². The monoisotopic (exact) mass is 363 g/mol. The third kappa shape index (κ3) is 4.13. The molecule has 144 valence electrons. The van der Waals surface area contributed by atoms with Gasteiger partial charge in [0.25, 0.3) is 0 Å². The summed E-state index contributed by atoms with van der Waals surface area (Å²) in [5, 5.41) is 9.88. The molecule has 0 amide bonds. The molecule has 0 bridgehead atoms. The number of carboxylic acids is 1. The van der Waals surface area contributed by atoms with E-state index in [2.05, 4.69) is 11.8 Å². The molecule has 6 nitrogen and oxygen atoms in total.